The highest BCUT2D eigenvalue weighted by Crippen LogP contribution is 2.29. The molecule has 0 radical (unpaired) electrons. The number of benzene rings is 1. The highest BCUT2D eigenvalue weighted by Gasteiger charge is 2.34. The number of halogens is 1. The van der Waals surface area contributed by atoms with Crippen molar-refractivity contribution in [2.75, 3.05) is 6.54 Å². The van der Waals surface area contributed by atoms with E-state index in [9.17, 15) is 8.42 Å². The fourth-order valence-corrected chi connectivity index (χ4v) is 4.90. The summed E-state index contributed by atoms with van der Waals surface area (Å²) in [4.78, 5) is 0.356. The molecule has 20 heavy (non-hydrogen) atoms. The van der Waals surface area contributed by atoms with Crippen LogP contribution in [-0.4, -0.2) is 30.3 Å². The summed E-state index contributed by atoms with van der Waals surface area (Å²) in [6.07, 6.45) is 2.63. The molecule has 1 heterocycles. The normalized spacial score (nSPS) is 20.2. The summed E-state index contributed by atoms with van der Waals surface area (Å²) >= 11 is 10.9. The Kier molecular flexibility index (Phi) is 4.69. The van der Waals surface area contributed by atoms with Crippen LogP contribution in [0.3, 0.4) is 0 Å². The van der Waals surface area contributed by atoms with Crippen molar-refractivity contribution in [1.82, 2.24) is 4.31 Å². The quantitative estimate of drug-likeness (QED) is 0.861. The lowest BCUT2D eigenvalue weighted by atomic mass is 10.2. The number of hydrogen-bond donors (Lipinski definition) is 1. The van der Waals surface area contributed by atoms with Gasteiger partial charge in [-0.1, -0.05) is 30.7 Å². The first-order valence-electron chi connectivity index (χ1n) is 6.49. The molecule has 1 aromatic carbocycles. The van der Waals surface area contributed by atoms with Crippen molar-refractivity contribution in [2.45, 2.75) is 37.1 Å². The van der Waals surface area contributed by atoms with Crippen LogP contribution in [0.5, 0.6) is 0 Å². The number of sulfonamides is 1. The van der Waals surface area contributed by atoms with Crippen LogP contribution >= 0.6 is 23.8 Å². The van der Waals surface area contributed by atoms with Crippen LogP contribution in [0, 0.1) is 0 Å². The first kappa shape index (κ1) is 15.7. The Morgan fingerprint density at radius 1 is 1.55 bits per heavy atom. The molecule has 0 spiro atoms. The number of thiocarbonyl (C=S) groups is 1. The van der Waals surface area contributed by atoms with Crippen LogP contribution < -0.4 is 5.73 Å². The number of nitrogens with two attached hydrogens (primary N) is 1. The van der Waals surface area contributed by atoms with Gasteiger partial charge in [0.25, 0.3) is 0 Å². The fourth-order valence-electron chi connectivity index (χ4n) is 2.53. The molecule has 1 aliphatic heterocycles. The zero-order valence-corrected chi connectivity index (χ0v) is 13.6. The number of rotatable bonds is 4. The maximum absolute atomic E-state index is 12.6. The zero-order valence-electron chi connectivity index (χ0n) is 11.2. The number of nitrogens with zero attached hydrogens (tertiary/aromatic N) is 1. The molecule has 0 aromatic heterocycles. The van der Waals surface area contributed by atoms with Crippen molar-refractivity contribution >= 4 is 38.8 Å². The monoisotopic (exact) mass is 332 g/mol. The zero-order chi connectivity index (χ0) is 14.9. The predicted octanol–water partition coefficient (Wildman–Crippen LogP) is 2.54. The summed E-state index contributed by atoms with van der Waals surface area (Å²) in [5.41, 5.74) is 6.02. The minimum Gasteiger partial charge on any atom is -0.389 e. The van der Waals surface area contributed by atoms with Crippen LogP contribution in [0.1, 0.15) is 31.7 Å². The van der Waals surface area contributed by atoms with Crippen LogP contribution in [-0.2, 0) is 10.0 Å². The molecule has 1 unspecified atom stereocenters. The second-order valence-electron chi connectivity index (χ2n) is 4.83. The van der Waals surface area contributed by atoms with Gasteiger partial charge in [-0.2, -0.15) is 4.31 Å². The Balaban J connectivity index is 2.40. The van der Waals surface area contributed by atoms with Crippen molar-refractivity contribution in [3.63, 3.8) is 0 Å². The van der Waals surface area contributed by atoms with Gasteiger partial charge in [0.05, 0.1) is 9.92 Å². The first-order chi connectivity index (χ1) is 9.37. The Bertz CT molecular complexity index is 631. The lowest BCUT2D eigenvalue weighted by Gasteiger charge is -2.23. The van der Waals surface area contributed by atoms with Crippen LogP contribution in [0.15, 0.2) is 23.1 Å². The van der Waals surface area contributed by atoms with Crippen molar-refractivity contribution < 1.29 is 8.42 Å². The predicted molar refractivity (Wildman–Crippen MR) is 84.5 cm³/mol. The van der Waals surface area contributed by atoms with Crippen molar-refractivity contribution in [1.29, 1.82) is 0 Å². The van der Waals surface area contributed by atoms with Gasteiger partial charge in [0.2, 0.25) is 10.0 Å². The molecule has 0 bridgehead atoms. The topological polar surface area (TPSA) is 63.4 Å². The van der Waals surface area contributed by atoms with Gasteiger partial charge in [0, 0.05) is 18.2 Å². The van der Waals surface area contributed by atoms with Gasteiger partial charge in [-0.05, 0) is 37.5 Å². The molecule has 1 aliphatic rings. The third-order valence-electron chi connectivity index (χ3n) is 3.61. The Hall–Kier alpha value is -0.690. The molecule has 7 heteroatoms. The lowest BCUT2D eigenvalue weighted by molar-refractivity contribution is 0.379. The van der Waals surface area contributed by atoms with Gasteiger partial charge in [-0.3, -0.25) is 0 Å². The molecule has 0 amide bonds. The molecule has 2 N–H and O–H groups in total. The summed E-state index contributed by atoms with van der Waals surface area (Å²) in [6.45, 7) is 2.57. The molecular formula is C13H17ClN2O2S2. The van der Waals surface area contributed by atoms with Crippen LogP contribution in [0.4, 0.5) is 0 Å². The standard InChI is InChI=1S/C13H17ClN2O2S2/c1-2-9-4-3-7-16(9)20(17,18)10-5-6-11(13(15)19)12(14)8-10/h5-6,8-9H,2-4,7H2,1H3,(H2,15,19). The van der Waals surface area contributed by atoms with E-state index in [1.807, 2.05) is 6.92 Å². The highest BCUT2D eigenvalue weighted by atomic mass is 35.5. The summed E-state index contributed by atoms with van der Waals surface area (Å²) < 4.78 is 26.8. The molecule has 1 aromatic rings. The Morgan fingerprint density at radius 2 is 2.25 bits per heavy atom. The average Bonchev–Trinajstić information content (AvgIpc) is 2.87. The second kappa shape index (κ2) is 5.97. The maximum atomic E-state index is 12.6. The van der Waals surface area contributed by atoms with E-state index in [4.69, 9.17) is 29.6 Å². The van der Waals surface area contributed by atoms with Gasteiger partial charge < -0.3 is 5.73 Å². The van der Waals surface area contributed by atoms with Gasteiger partial charge >= 0.3 is 0 Å². The van der Waals surface area contributed by atoms with Crippen molar-refractivity contribution in [3.8, 4) is 0 Å². The third-order valence-corrected chi connectivity index (χ3v) is 6.09. The lowest BCUT2D eigenvalue weighted by Crippen LogP contribution is -2.35. The van der Waals surface area contributed by atoms with Gasteiger partial charge in [0.15, 0.2) is 0 Å². The van der Waals surface area contributed by atoms with Crippen molar-refractivity contribution in [2.24, 2.45) is 5.73 Å². The summed E-state index contributed by atoms with van der Waals surface area (Å²) in [5, 5.41) is 0.269. The Morgan fingerprint density at radius 3 is 2.80 bits per heavy atom. The molecular weight excluding hydrogens is 316 g/mol. The van der Waals surface area contributed by atoms with Gasteiger partial charge in [-0.15, -0.1) is 0 Å². The largest absolute Gasteiger partial charge is 0.389 e. The van der Waals surface area contributed by atoms with E-state index in [0.29, 0.717) is 12.1 Å². The van der Waals surface area contributed by atoms with E-state index >= 15 is 0 Å². The van der Waals surface area contributed by atoms with E-state index in [2.05, 4.69) is 0 Å². The fraction of sp³-hybridized carbons (Fsp3) is 0.462. The first-order valence-corrected chi connectivity index (χ1v) is 8.71. The molecule has 0 aliphatic carbocycles. The van der Waals surface area contributed by atoms with E-state index in [1.165, 1.54) is 12.1 Å². The van der Waals surface area contributed by atoms with Gasteiger partial charge in [-0.25, -0.2) is 8.42 Å². The van der Waals surface area contributed by atoms with E-state index in [1.54, 1.807) is 10.4 Å². The van der Waals surface area contributed by atoms with E-state index < -0.39 is 10.0 Å². The SMILES string of the molecule is CCC1CCCN1S(=O)(=O)c1ccc(C(N)=S)c(Cl)c1. The second-order valence-corrected chi connectivity index (χ2v) is 7.56. The molecule has 2 rings (SSSR count). The highest BCUT2D eigenvalue weighted by molar-refractivity contribution is 7.89. The maximum Gasteiger partial charge on any atom is 0.243 e. The summed E-state index contributed by atoms with van der Waals surface area (Å²) in [7, 11) is -3.50. The smallest absolute Gasteiger partial charge is 0.243 e. The molecule has 1 saturated heterocycles. The van der Waals surface area contributed by atoms with Gasteiger partial charge in [0.1, 0.15) is 4.99 Å². The van der Waals surface area contributed by atoms with Crippen LogP contribution in [0.25, 0.3) is 0 Å². The third kappa shape index (κ3) is 2.83. The summed E-state index contributed by atoms with van der Waals surface area (Å²) in [6, 6.07) is 4.58. The molecule has 110 valence electrons. The molecule has 1 atom stereocenters. The molecule has 1 fully saturated rings. The minimum atomic E-state index is -3.50. The van der Waals surface area contributed by atoms with E-state index in [0.717, 1.165) is 19.3 Å². The van der Waals surface area contributed by atoms with Crippen molar-refractivity contribution in [3.05, 3.63) is 28.8 Å². The Labute approximate surface area is 130 Å². The number of hydrogen-bond acceptors (Lipinski definition) is 3. The van der Waals surface area contributed by atoms with E-state index in [-0.39, 0.29) is 20.9 Å². The minimum absolute atomic E-state index is 0.0778. The summed E-state index contributed by atoms with van der Waals surface area (Å²) in [5.74, 6) is 0. The van der Waals surface area contributed by atoms with Crippen LogP contribution in [0.2, 0.25) is 5.02 Å². The molecule has 4 nitrogen and oxygen atoms in total. The molecule has 0 saturated carbocycles. The average molecular weight is 333 g/mol.